The highest BCUT2D eigenvalue weighted by molar-refractivity contribution is 5.52. The topological polar surface area (TPSA) is 77.2 Å². The Hall–Kier alpha value is -3.03. The van der Waals surface area contributed by atoms with Gasteiger partial charge < -0.3 is 14.1 Å². The van der Waals surface area contributed by atoms with Crippen molar-refractivity contribution in [2.24, 2.45) is 5.41 Å². The predicted molar refractivity (Wildman–Crippen MR) is 99.5 cm³/mol. The van der Waals surface area contributed by atoms with Crippen LogP contribution in [-0.2, 0) is 0 Å². The van der Waals surface area contributed by atoms with Crippen molar-refractivity contribution < 1.29 is 13.5 Å². The second kappa shape index (κ2) is 6.54. The zero-order valence-electron chi connectivity index (χ0n) is 15.5. The van der Waals surface area contributed by atoms with Gasteiger partial charge >= 0.3 is 0 Å². The number of piperidine rings is 1. The summed E-state index contributed by atoms with van der Waals surface area (Å²) in [7, 11) is 1.61. The molecule has 1 saturated carbocycles. The fourth-order valence-electron chi connectivity index (χ4n) is 4.11. The summed E-state index contributed by atoms with van der Waals surface area (Å²) in [4.78, 5) is 11.0. The van der Waals surface area contributed by atoms with Crippen LogP contribution in [0.1, 0.15) is 31.1 Å². The number of benzene rings is 1. The molecular formula is C20H20FN5O2. The molecule has 0 radical (unpaired) electrons. The van der Waals surface area contributed by atoms with Crippen molar-refractivity contribution >= 4 is 5.95 Å². The van der Waals surface area contributed by atoms with Crippen LogP contribution in [0.3, 0.4) is 0 Å². The van der Waals surface area contributed by atoms with Crippen LogP contribution in [0, 0.1) is 11.2 Å². The standard InChI is InChI=1S/C20H20FN5O2/c1-27-16-5-8-22-19(23-16)26-9-6-20(7-10-26)12-15(20)18-25-24-17(28-18)13-3-2-4-14(21)11-13/h2-5,8,11,15H,6-7,9-10,12H2,1H3/t15-/m1/s1. The summed E-state index contributed by atoms with van der Waals surface area (Å²) in [6.07, 6.45) is 4.81. The summed E-state index contributed by atoms with van der Waals surface area (Å²) < 4.78 is 24.5. The van der Waals surface area contributed by atoms with E-state index in [4.69, 9.17) is 9.15 Å². The number of halogens is 1. The Morgan fingerprint density at radius 2 is 2.07 bits per heavy atom. The average Bonchev–Trinajstić information content (AvgIpc) is 3.20. The number of rotatable bonds is 4. The van der Waals surface area contributed by atoms with Gasteiger partial charge in [-0.2, -0.15) is 4.98 Å². The summed E-state index contributed by atoms with van der Waals surface area (Å²) in [6.45, 7) is 1.77. The zero-order valence-corrected chi connectivity index (χ0v) is 15.5. The Labute approximate surface area is 161 Å². The van der Waals surface area contributed by atoms with Crippen molar-refractivity contribution in [3.8, 4) is 17.3 Å². The summed E-state index contributed by atoms with van der Waals surface area (Å²) >= 11 is 0. The van der Waals surface area contributed by atoms with Crippen molar-refractivity contribution in [3.05, 3.63) is 48.2 Å². The Kier molecular flexibility index (Phi) is 3.99. The van der Waals surface area contributed by atoms with Crippen molar-refractivity contribution in [2.75, 3.05) is 25.1 Å². The predicted octanol–water partition coefficient (Wildman–Crippen LogP) is 3.45. The normalized spacial score (nSPS) is 20.4. The minimum atomic E-state index is -0.313. The van der Waals surface area contributed by atoms with E-state index in [1.165, 1.54) is 12.1 Å². The highest BCUT2D eigenvalue weighted by atomic mass is 19.1. The lowest BCUT2D eigenvalue weighted by Crippen LogP contribution is -2.36. The number of hydrogen-bond donors (Lipinski definition) is 0. The number of anilines is 1. The number of nitrogens with zero attached hydrogens (tertiary/aromatic N) is 5. The lowest BCUT2D eigenvalue weighted by atomic mass is 9.91. The van der Waals surface area contributed by atoms with E-state index in [9.17, 15) is 4.39 Å². The molecule has 1 atom stereocenters. The maximum absolute atomic E-state index is 13.4. The summed E-state index contributed by atoms with van der Waals surface area (Å²) in [6, 6.07) is 7.97. The van der Waals surface area contributed by atoms with Crippen LogP contribution in [0.15, 0.2) is 40.9 Å². The summed E-state index contributed by atoms with van der Waals surface area (Å²) in [5, 5.41) is 8.36. The Morgan fingerprint density at radius 1 is 1.21 bits per heavy atom. The molecule has 8 heteroatoms. The minimum absolute atomic E-state index is 0.209. The van der Waals surface area contributed by atoms with E-state index in [-0.39, 0.29) is 17.2 Å². The van der Waals surface area contributed by atoms with E-state index in [0.717, 1.165) is 32.4 Å². The average molecular weight is 381 g/mol. The molecule has 1 saturated heterocycles. The second-order valence-corrected chi connectivity index (χ2v) is 7.46. The van der Waals surface area contributed by atoms with Crippen molar-refractivity contribution in [2.45, 2.75) is 25.2 Å². The first-order chi connectivity index (χ1) is 13.7. The molecular weight excluding hydrogens is 361 g/mol. The highest BCUT2D eigenvalue weighted by Gasteiger charge is 2.58. The molecule has 2 aromatic heterocycles. The molecule has 0 unspecified atom stereocenters. The number of methoxy groups -OCH3 is 1. The van der Waals surface area contributed by atoms with Gasteiger partial charge in [-0.25, -0.2) is 9.37 Å². The molecule has 1 aliphatic carbocycles. The van der Waals surface area contributed by atoms with Crippen LogP contribution in [-0.4, -0.2) is 40.4 Å². The largest absolute Gasteiger partial charge is 0.481 e. The number of aromatic nitrogens is 4. The highest BCUT2D eigenvalue weighted by Crippen LogP contribution is 2.64. The van der Waals surface area contributed by atoms with Crippen LogP contribution >= 0.6 is 0 Å². The third-order valence-corrected chi connectivity index (χ3v) is 5.87. The van der Waals surface area contributed by atoms with Crippen LogP contribution in [0.2, 0.25) is 0 Å². The van der Waals surface area contributed by atoms with Gasteiger partial charge in [0.15, 0.2) is 0 Å². The van der Waals surface area contributed by atoms with Crippen LogP contribution in [0.4, 0.5) is 10.3 Å². The quantitative estimate of drug-likeness (QED) is 0.685. The van der Waals surface area contributed by atoms with Crippen molar-refractivity contribution in [1.29, 1.82) is 0 Å². The van der Waals surface area contributed by atoms with Gasteiger partial charge in [0, 0.05) is 36.8 Å². The zero-order chi connectivity index (χ0) is 19.1. The summed E-state index contributed by atoms with van der Waals surface area (Å²) in [5.41, 5.74) is 0.819. The molecule has 1 aromatic carbocycles. The molecule has 1 spiro atoms. The van der Waals surface area contributed by atoms with Gasteiger partial charge in [-0.05, 0) is 42.9 Å². The summed E-state index contributed by atoms with van der Waals surface area (Å²) in [5.74, 6) is 2.27. The number of hydrogen-bond acceptors (Lipinski definition) is 7. The molecule has 3 heterocycles. The fourth-order valence-corrected chi connectivity index (χ4v) is 4.11. The molecule has 3 aromatic rings. The minimum Gasteiger partial charge on any atom is -0.481 e. The number of ether oxygens (including phenoxy) is 1. The van der Waals surface area contributed by atoms with Gasteiger partial charge in [-0.1, -0.05) is 6.07 Å². The molecule has 7 nitrogen and oxygen atoms in total. The van der Waals surface area contributed by atoms with E-state index >= 15 is 0 Å². The van der Waals surface area contributed by atoms with E-state index in [1.807, 2.05) is 0 Å². The van der Waals surface area contributed by atoms with E-state index < -0.39 is 0 Å². The lowest BCUT2D eigenvalue weighted by Gasteiger charge is -2.32. The van der Waals surface area contributed by atoms with Gasteiger partial charge in [0.2, 0.25) is 23.6 Å². The molecule has 2 aliphatic rings. The molecule has 28 heavy (non-hydrogen) atoms. The van der Waals surface area contributed by atoms with Gasteiger partial charge in [0.1, 0.15) is 5.82 Å². The van der Waals surface area contributed by atoms with Crippen molar-refractivity contribution in [1.82, 2.24) is 20.2 Å². The maximum Gasteiger partial charge on any atom is 0.247 e. The molecule has 1 aliphatic heterocycles. The molecule has 0 bridgehead atoms. The lowest BCUT2D eigenvalue weighted by molar-refractivity contribution is 0.349. The van der Waals surface area contributed by atoms with Crippen LogP contribution in [0.5, 0.6) is 5.88 Å². The van der Waals surface area contributed by atoms with Gasteiger partial charge in [0.05, 0.1) is 7.11 Å². The Morgan fingerprint density at radius 3 is 2.86 bits per heavy atom. The third kappa shape index (κ3) is 2.98. The SMILES string of the molecule is COc1ccnc(N2CCC3(CC2)C[C@@H]3c2nnc(-c3cccc(F)c3)o2)n1. The third-order valence-electron chi connectivity index (χ3n) is 5.87. The van der Waals surface area contributed by atoms with Gasteiger partial charge in [0.25, 0.3) is 0 Å². The maximum atomic E-state index is 13.4. The first kappa shape index (κ1) is 17.1. The Balaban J connectivity index is 1.26. The molecule has 5 rings (SSSR count). The van der Waals surface area contributed by atoms with Gasteiger partial charge in [-0.3, -0.25) is 0 Å². The first-order valence-corrected chi connectivity index (χ1v) is 9.38. The van der Waals surface area contributed by atoms with E-state index in [1.54, 1.807) is 31.5 Å². The van der Waals surface area contributed by atoms with Crippen LogP contribution in [0.25, 0.3) is 11.5 Å². The van der Waals surface area contributed by atoms with Crippen molar-refractivity contribution in [3.63, 3.8) is 0 Å². The molecule has 0 N–H and O–H groups in total. The molecule has 2 fully saturated rings. The second-order valence-electron chi connectivity index (χ2n) is 7.46. The first-order valence-electron chi connectivity index (χ1n) is 9.38. The fraction of sp³-hybridized carbons (Fsp3) is 0.400. The van der Waals surface area contributed by atoms with Gasteiger partial charge in [-0.15, -0.1) is 10.2 Å². The molecule has 144 valence electrons. The smallest absolute Gasteiger partial charge is 0.247 e. The molecule has 0 amide bonds. The van der Waals surface area contributed by atoms with E-state index in [2.05, 4.69) is 25.1 Å². The van der Waals surface area contributed by atoms with Crippen LogP contribution < -0.4 is 9.64 Å². The Bertz CT molecular complexity index is 1000. The van der Waals surface area contributed by atoms with E-state index in [0.29, 0.717) is 29.2 Å². The monoisotopic (exact) mass is 381 g/mol.